The van der Waals surface area contributed by atoms with Crippen LogP contribution >= 0.6 is 11.8 Å². The fraction of sp³-hybridized carbons (Fsp3) is 0.0769. The molecule has 5 heteroatoms. The predicted molar refractivity (Wildman–Crippen MR) is 75.1 cm³/mol. The van der Waals surface area contributed by atoms with E-state index in [1.807, 2.05) is 30.5 Å². The number of anilines is 2. The molecule has 18 heavy (non-hydrogen) atoms. The van der Waals surface area contributed by atoms with Crippen LogP contribution in [0.5, 0.6) is 0 Å². The lowest BCUT2D eigenvalue weighted by Crippen LogP contribution is -2.19. The van der Waals surface area contributed by atoms with E-state index in [9.17, 15) is 4.79 Å². The Labute approximate surface area is 110 Å². The minimum absolute atomic E-state index is 0.277. The number of carbonyl (C=O) groups excluding carboxylic acids is 1. The molecule has 0 saturated heterocycles. The normalized spacial score (nSPS) is 9.83. The zero-order valence-corrected chi connectivity index (χ0v) is 10.7. The SMILES string of the molecule is CSc1cccc(NC(=O)Nc2cccnc2)c1. The Morgan fingerprint density at radius 1 is 1.17 bits per heavy atom. The van der Waals surface area contributed by atoms with E-state index in [-0.39, 0.29) is 6.03 Å². The molecule has 0 fully saturated rings. The molecule has 0 spiro atoms. The molecule has 0 aliphatic rings. The molecule has 0 unspecified atom stereocenters. The van der Waals surface area contributed by atoms with Crippen LogP contribution < -0.4 is 10.6 Å². The lowest BCUT2D eigenvalue weighted by Gasteiger charge is -2.07. The van der Waals surface area contributed by atoms with Crippen LogP contribution in [0.4, 0.5) is 16.2 Å². The summed E-state index contributed by atoms with van der Waals surface area (Å²) in [5, 5.41) is 5.48. The predicted octanol–water partition coefficient (Wildman–Crippen LogP) is 3.45. The number of urea groups is 1. The first-order valence-corrected chi connectivity index (χ1v) is 6.62. The zero-order valence-electron chi connectivity index (χ0n) is 9.88. The lowest BCUT2D eigenvalue weighted by atomic mass is 10.3. The number of amides is 2. The van der Waals surface area contributed by atoms with Crippen LogP contribution in [0.2, 0.25) is 0 Å². The van der Waals surface area contributed by atoms with Gasteiger partial charge in [-0.1, -0.05) is 6.07 Å². The van der Waals surface area contributed by atoms with Gasteiger partial charge in [-0.25, -0.2) is 4.79 Å². The summed E-state index contributed by atoms with van der Waals surface area (Å²) in [7, 11) is 0. The minimum Gasteiger partial charge on any atom is -0.308 e. The molecular formula is C13H13N3OS. The van der Waals surface area contributed by atoms with Gasteiger partial charge in [-0.3, -0.25) is 4.98 Å². The molecule has 1 aromatic carbocycles. The highest BCUT2D eigenvalue weighted by Gasteiger charge is 2.02. The van der Waals surface area contributed by atoms with Gasteiger partial charge in [0.25, 0.3) is 0 Å². The second-order valence-corrected chi connectivity index (χ2v) is 4.43. The Kier molecular flexibility index (Phi) is 4.20. The average molecular weight is 259 g/mol. The third-order valence-corrected chi connectivity index (χ3v) is 2.97. The molecule has 2 amide bonds. The molecule has 1 aromatic heterocycles. The second-order valence-electron chi connectivity index (χ2n) is 3.55. The number of nitrogens with one attached hydrogen (secondary N) is 2. The largest absolute Gasteiger partial charge is 0.323 e. The second kappa shape index (κ2) is 6.07. The molecule has 0 radical (unpaired) electrons. The van der Waals surface area contributed by atoms with E-state index in [0.29, 0.717) is 5.69 Å². The maximum absolute atomic E-state index is 11.7. The number of thioether (sulfide) groups is 1. The quantitative estimate of drug-likeness (QED) is 0.830. The van der Waals surface area contributed by atoms with E-state index in [1.54, 1.807) is 36.3 Å². The first-order valence-electron chi connectivity index (χ1n) is 5.40. The molecular weight excluding hydrogens is 246 g/mol. The van der Waals surface area contributed by atoms with Crippen molar-refractivity contribution >= 4 is 29.2 Å². The molecule has 1 heterocycles. The minimum atomic E-state index is -0.277. The first-order chi connectivity index (χ1) is 8.78. The summed E-state index contributed by atoms with van der Waals surface area (Å²) in [5.41, 5.74) is 1.43. The van der Waals surface area contributed by atoms with Crippen LogP contribution in [0, 0.1) is 0 Å². The third kappa shape index (κ3) is 3.49. The molecule has 2 aromatic rings. The molecule has 2 N–H and O–H groups in total. The fourth-order valence-corrected chi connectivity index (χ4v) is 1.89. The van der Waals surface area contributed by atoms with Crippen molar-refractivity contribution in [2.45, 2.75) is 4.90 Å². The van der Waals surface area contributed by atoms with E-state index in [2.05, 4.69) is 15.6 Å². The zero-order chi connectivity index (χ0) is 12.8. The number of hydrogen-bond acceptors (Lipinski definition) is 3. The van der Waals surface area contributed by atoms with Gasteiger partial charge in [-0.05, 0) is 36.6 Å². The van der Waals surface area contributed by atoms with Crippen LogP contribution in [0.3, 0.4) is 0 Å². The van der Waals surface area contributed by atoms with Crippen molar-refractivity contribution in [1.29, 1.82) is 0 Å². The summed E-state index contributed by atoms with van der Waals surface area (Å²) < 4.78 is 0. The van der Waals surface area contributed by atoms with Gasteiger partial charge in [-0.2, -0.15) is 0 Å². The van der Waals surface area contributed by atoms with Crippen LogP contribution in [0.15, 0.2) is 53.7 Å². The Balaban J connectivity index is 1.99. The standard InChI is InChI=1S/C13H13N3OS/c1-18-12-6-2-4-10(8-12)15-13(17)16-11-5-3-7-14-9-11/h2-9H,1H3,(H2,15,16,17). The van der Waals surface area contributed by atoms with Crippen LogP contribution in [-0.2, 0) is 0 Å². The molecule has 0 saturated carbocycles. The van der Waals surface area contributed by atoms with Gasteiger partial charge < -0.3 is 10.6 Å². The molecule has 4 nitrogen and oxygen atoms in total. The smallest absolute Gasteiger partial charge is 0.308 e. The summed E-state index contributed by atoms with van der Waals surface area (Å²) in [6, 6.07) is 11.0. The number of rotatable bonds is 3. The van der Waals surface area contributed by atoms with Crippen molar-refractivity contribution in [3.05, 3.63) is 48.8 Å². The van der Waals surface area contributed by atoms with Gasteiger partial charge >= 0.3 is 6.03 Å². The van der Waals surface area contributed by atoms with Gasteiger partial charge in [0.1, 0.15) is 0 Å². The van der Waals surface area contributed by atoms with Gasteiger partial charge in [0, 0.05) is 16.8 Å². The molecule has 0 atom stereocenters. The maximum Gasteiger partial charge on any atom is 0.323 e. The Hall–Kier alpha value is -2.01. The van der Waals surface area contributed by atoms with Crippen LogP contribution in [-0.4, -0.2) is 17.3 Å². The maximum atomic E-state index is 11.7. The number of nitrogens with zero attached hydrogens (tertiary/aromatic N) is 1. The van der Waals surface area contributed by atoms with Gasteiger partial charge in [-0.15, -0.1) is 11.8 Å². The molecule has 0 bridgehead atoms. The number of hydrogen-bond donors (Lipinski definition) is 2. The highest BCUT2D eigenvalue weighted by atomic mass is 32.2. The van der Waals surface area contributed by atoms with Crippen molar-refractivity contribution in [3.63, 3.8) is 0 Å². The van der Waals surface area contributed by atoms with Crippen LogP contribution in [0.1, 0.15) is 0 Å². The number of carbonyl (C=O) groups is 1. The summed E-state index contributed by atoms with van der Waals surface area (Å²) in [6.07, 6.45) is 5.25. The summed E-state index contributed by atoms with van der Waals surface area (Å²) in [4.78, 5) is 16.8. The van der Waals surface area contributed by atoms with Gasteiger partial charge in [0.2, 0.25) is 0 Å². The summed E-state index contributed by atoms with van der Waals surface area (Å²) in [5.74, 6) is 0. The highest BCUT2D eigenvalue weighted by Crippen LogP contribution is 2.19. The molecule has 0 aliphatic carbocycles. The molecule has 0 aliphatic heterocycles. The highest BCUT2D eigenvalue weighted by molar-refractivity contribution is 7.98. The monoisotopic (exact) mass is 259 g/mol. The Bertz CT molecular complexity index is 531. The summed E-state index contributed by atoms with van der Waals surface area (Å²) in [6.45, 7) is 0. The van der Waals surface area contributed by atoms with E-state index < -0.39 is 0 Å². The fourth-order valence-electron chi connectivity index (χ4n) is 1.43. The van der Waals surface area contributed by atoms with E-state index >= 15 is 0 Å². The van der Waals surface area contributed by atoms with E-state index in [1.165, 1.54) is 0 Å². The average Bonchev–Trinajstić information content (AvgIpc) is 2.40. The van der Waals surface area contributed by atoms with Crippen molar-refractivity contribution in [1.82, 2.24) is 4.98 Å². The van der Waals surface area contributed by atoms with E-state index in [4.69, 9.17) is 0 Å². The number of benzene rings is 1. The Morgan fingerprint density at radius 3 is 2.67 bits per heavy atom. The number of pyridine rings is 1. The number of aromatic nitrogens is 1. The third-order valence-electron chi connectivity index (χ3n) is 2.25. The Morgan fingerprint density at radius 2 is 1.94 bits per heavy atom. The first kappa shape index (κ1) is 12.4. The van der Waals surface area contributed by atoms with Crippen LogP contribution in [0.25, 0.3) is 0 Å². The van der Waals surface area contributed by atoms with E-state index in [0.717, 1.165) is 10.6 Å². The topological polar surface area (TPSA) is 54.0 Å². The molecule has 2 rings (SSSR count). The van der Waals surface area contributed by atoms with Crippen molar-refractivity contribution in [2.75, 3.05) is 16.9 Å². The summed E-state index contributed by atoms with van der Waals surface area (Å²) >= 11 is 1.63. The van der Waals surface area contributed by atoms with Crippen molar-refractivity contribution in [2.24, 2.45) is 0 Å². The lowest BCUT2D eigenvalue weighted by molar-refractivity contribution is 0.262. The van der Waals surface area contributed by atoms with Gasteiger partial charge in [0.15, 0.2) is 0 Å². The molecule has 92 valence electrons. The van der Waals surface area contributed by atoms with Gasteiger partial charge in [0.05, 0.1) is 11.9 Å². The van der Waals surface area contributed by atoms with Crippen molar-refractivity contribution in [3.8, 4) is 0 Å². The van der Waals surface area contributed by atoms with Crippen molar-refractivity contribution < 1.29 is 4.79 Å².